The number of carbonyl (C=O) groups excluding carboxylic acids is 1. The lowest BCUT2D eigenvalue weighted by Gasteiger charge is -2.27. The van der Waals surface area contributed by atoms with E-state index in [2.05, 4.69) is 4.98 Å². The molecule has 1 aromatic heterocycles. The zero-order chi connectivity index (χ0) is 13.9. The average molecular weight is 283 g/mol. The van der Waals surface area contributed by atoms with Crippen molar-refractivity contribution in [3.63, 3.8) is 0 Å². The fourth-order valence-electron chi connectivity index (χ4n) is 2.08. The maximum atomic E-state index is 12.3. The average Bonchev–Trinajstić information content (AvgIpc) is 2.87. The largest absolute Gasteiger partial charge is 0.472 e. The first-order valence-electron chi connectivity index (χ1n) is 6.46. The summed E-state index contributed by atoms with van der Waals surface area (Å²) in [4.78, 5) is 18.2. The molecule has 0 aromatic carbocycles. The quantitative estimate of drug-likeness (QED) is 0.796. The van der Waals surface area contributed by atoms with Gasteiger partial charge < -0.3 is 9.64 Å². The van der Waals surface area contributed by atoms with Crippen molar-refractivity contribution in [3.8, 4) is 5.88 Å². The third-order valence-electron chi connectivity index (χ3n) is 3.27. The zero-order valence-electron chi connectivity index (χ0n) is 11.3. The number of rotatable bonds is 4. The predicted molar refractivity (Wildman–Crippen MR) is 74.4 cm³/mol. The lowest BCUT2D eigenvalue weighted by atomic mass is 9.94. The van der Waals surface area contributed by atoms with Crippen LogP contribution in [-0.4, -0.2) is 40.9 Å². The zero-order valence-corrected chi connectivity index (χ0v) is 12.1. The first-order chi connectivity index (χ1) is 9.03. The van der Waals surface area contributed by atoms with E-state index in [9.17, 15) is 4.79 Å². The van der Waals surface area contributed by atoms with Crippen molar-refractivity contribution in [2.45, 2.75) is 26.4 Å². The van der Waals surface area contributed by atoms with Gasteiger partial charge in [-0.2, -0.15) is 0 Å². The molecule has 0 radical (unpaired) electrons. The molecule has 0 bridgehead atoms. The Hall–Kier alpha value is -1.29. The Kier molecular flexibility index (Phi) is 4.30. The predicted octanol–water partition coefficient (Wildman–Crippen LogP) is 2.33. The van der Waals surface area contributed by atoms with E-state index in [1.807, 2.05) is 36.9 Å². The van der Waals surface area contributed by atoms with Crippen LogP contribution in [0, 0.1) is 5.41 Å². The van der Waals surface area contributed by atoms with Crippen LogP contribution in [-0.2, 0) is 4.79 Å². The van der Waals surface area contributed by atoms with Crippen LogP contribution in [0.4, 0.5) is 0 Å². The molecule has 4 nitrogen and oxygen atoms in total. The van der Waals surface area contributed by atoms with E-state index < -0.39 is 5.41 Å². The van der Waals surface area contributed by atoms with E-state index in [1.165, 1.54) is 0 Å². The number of alkyl halides is 1. The van der Waals surface area contributed by atoms with E-state index in [4.69, 9.17) is 16.3 Å². The van der Waals surface area contributed by atoms with Crippen LogP contribution in [0.3, 0.4) is 0 Å². The van der Waals surface area contributed by atoms with Crippen molar-refractivity contribution in [1.82, 2.24) is 9.88 Å². The van der Waals surface area contributed by atoms with Gasteiger partial charge in [0.25, 0.3) is 0 Å². The van der Waals surface area contributed by atoms with Crippen molar-refractivity contribution in [1.29, 1.82) is 0 Å². The lowest BCUT2D eigenvalue weighted by molar-refractivity contribution is -0.138. The first-order valence-corrected chi connectivity index (χ1v) is 6.99. The number of halogens is 1. The molecule has 1 aliphatic rings. The molecule has 19 heavy (non-hydrogen) atoms. The monoisotopic (exact) mass is 282 g/mol. The summed E-state index contributed by atoms with van der Waals surface area (Å²) in [5, 5.41) is 0. The molecule has 1 saturated heterocycles. The molecule has 1 unspecified atom stereocenters. The van der Waals surface area contributed by atoms with Gasteiger partial charge in [0.1, 0.15) is 6.10 Å². The summed E-state index contributed by atoms with van der Waals surface area (Å²) in [5.41, 5.74) is -0.512. The van der Waals surface area contributed by atoms with Crippen molar-refractivity contribution < 1.29 is 9.53 Å². The van der Waals surface area contributed by atoms with Gasteiger partial charge in [-0.1, -0.05) is 6.07 Å². The number of hydrogen-bond acceptors (Lipinski definition) is 3. The van der Waals surface area contributed by atoms with E-state index in [-0.39, 0.29) is 12.0 Å². The van der Waals surface area contributed by atoms with Gasteiger partial charge >= 0.3 is 0 Å². The van der Waals surface area contributed by atoms with Gasteiger partial charge in [-0.05, 0) is 19.9 Å². The van der Waals surface area contributed by atoms with Crippen LogP contribution in [0.25, 0.3) is 0 Å². The number of likely N-dealkylation sites (tertiary alicyclic amines) is 1. The topological polar surface area (TPSA) is 42.4 Å². The minimum Gasteiger partial charge on any atom is -0.472 e. The van der Waals surface area contributed by atoms with Crippen LogP contribution < -0.4 is 4.74 Å². The van der Waals surface area contributed by atoms with Crippen molar-refractivity contribution >= 4 is 17.5 Å². The smallest absolute Gasteiger partial charge is 0.229 e. The van der Waals surface area contributed by atoms with Gasteiger partial charge in [0, 0.05) is 31.1 Å². The molecular weight excluding hydrogens is 264 g/mol. The van der Waals surface area contributed by atoms with Crippen LogP contribution >= 0.6 is 11.6 Å². The Morgan fingerprint density at radius 3 is 3.00 bits per heavy atom. The third-order valence-corrected chi connectivity index (χ3v) is 3.94. The number of pyridine rings is 1. The highest BCUT2D eigenvalue weighted by atomic mass is 35.5. The van der Waals surface area contributed by atoms with Crippen molar-refractivity contribution in [2.24, 2.45) is 5.41 Å². The summed E-state index contributed by atoms with van der Waals surface area (Å²) in [6.45, 7) is 5.07. The van der Waals surface area contributed by atoms with Crippen molar-refractivity contribution in [3.05, 3.63) is 24.4 Å². The molecule has 0 spiro atoms. The first kappa shape index (κ1) is 14.1. The summed E-state index contributed by atoms with van der Waals surface area (Å²) in [5.74, 6) is 1.03. The SMILES string of the molecule is CC(C)(CCl)C(=O)N1CCC(Oc2ccccn2)C1. The molecule has 2 heterocycles. The summed E-state index contributed by atoms with van der Waals surface area (Å²) >= 11 is 5.84. The van der Waals surface area contributed by atoms with Crippen LogP contribution in [0.2, 0.25) is 0 Å². The minimum absolute atomic E-state index is 0.0185. The molecule has 1 fully saturated rings. The number of amides is 1. The summed E-state index contributed by atoms with van der Waals surface area (Å²) < 4.78 is 5.76. The van der Waals surface area contributed by atoms with E-state index in [1.54, 1.807) is 6.20 Å². The molecule has 0 N–H and O–H groups in total. The molecule has 0 aliphatic carbocycles. The van der Waals surface area contributed by atoms with Crippen LogP contribution in [0.15, 0.2) is 24.4 Å². The molecule has 5 heteroatoms. The summed E-state index contributed by atoms with van der Waals surface area (Å²) in [7, 11) is 0. The van der Waals surface area contributed by atoms with E-state index in [0.29, 0.717) is 18.3 Å². The second kappa shape index (κ2) is 5.78. The van der Waals surface area contributed by atoms with Gasteiger partial charge in [-0.25, -0.2) is 4.98 Å². The van der Waals surface area contributed by atoms with Crippen molar-refractivity contribution in [2.75, 3.05) is 19.0 Å². The number of nitrogens with zero attached hydrogens (tertiary/aromatic N) is 2. The fraction of sp³-hybridized carbons (Fsp3) is 0.571. The van der Waals surface area contributed by atoms with Gasteiger partial charge in [0.05, 0.1) is 12.0 Å². The molecule has 1 aliphatic heterocycles. The van der Waals surface area contributed by atoms with Gasteiger partial charge in [-0.15, -0.1) is 11.6 Å². The molecule has 2 rings (SSSR count). The molecule has 104 valence electrons. The van der Waals surface area contributed by atoms with Gasteiger partial charge in [0.2, 0.25) is 11.8 Å². The Labute approximate surface area is 118 Å². The second-order valence-corrected chi connectivity index (χ2v) is 5.73. The maximum Gasteiger partial charge on any atom is 0.229 e. The van der Waals surface area contributed by atoms with Gasteiger partial charge in [0.15, 0.2) is 0 Å². The molecule has 0 saturated carbocycles. The Morgan fingerprint density at radius 1 is 1.58 bits per heavy atom. The number of ether oxygens (including phenoxy) is 1. The van der Waals surface area contributed by atoms with E-state index >= 15 is 0 Å². The Balaban J connectivity index is 1.92. The Morgan fingerprint density at radius 2 is 2.37 bits per heavy atom. The summed E-state index contributed by atoms with van der Waals surface area (Å²) in [6.07, 6.45) is 2.55. The number of hydrogen-bond donors (Lipinski definition) is 0. The standard InChI is InChI=1S/C14H19ClN2O2/c1-14(2,10-15)13(18)17-8-6-11(9-17)19-12-5-3-4-7-16-12/h3-5,7,11H,6,8-10H2,1-2H3. The fourth-order valence-corrected chi connectivity index (χ4v) is 2.20. The lowest BCUT2D eigenvalue weighted by Crippen LogP contribution is -2.41. The summed E-state index contributed by atoms with van der Waals surface area (Å²) in [6, 6.07) is 5.56. The van der Waals surface area contributed by atoms with Crippen LogP contribution in [0.1, 0.15) is 20.3 Å². The van der Waals surface area contributed by atoms with Gasteiger partial charge in [-0.3, -0.25) is 4.79 Å². The third kappa shape index (κ3) is 3.38. The minimum atomic E-state index is -0.512. The highest BCUT2D eigenvalue weighted by molar-refractivity contribution is 6.19. The number of carbonyl (C=O) groups is 1. The molecule has 1 atom stereocenters. The number of aromatic nitrogens is 1. The molecule has 1 amide bonds. The second-order valence-electron chi connectivity index (χ2n) is 5.47. The highest BCUT2D eigenvalue weighted by Crippen LogP contribution is 2.24. The maximum absolute atomic E-state index is 12.3. The van der Waals surface area contributed by atoms with E-state index in [0.717, 1.165) is 13.0 Å². The van der Waals surface area contributed by atoms with Crippen LogP contribution in [0.5, 0.6) is 5.88 Å². The molecule has 1 aromatic rings. The normalized spacial score (nSPS) is 19.5. The molecular formula is C14H19ClN2O2. The Bertz CT molecular complexity index is 436. The highest BCUT2D eigenvalue weighted by Gasteiger charge is 2.36.